The lowest BCUT2D eigenvalue weighted by Gasteiger charge is -2.31. The van der Waals surface area contributed by atoms with Crippen molar-refractivity contribution in [1.29, 1.82) is 0 Å². The molecule has 7 rings (SSSR count). The van der Waals surface area contributed by atoms with E-state index in [1.807, 2.05) is 37.4 Å². The Morgan fingerprint density at radius 2 is 1.74 bits per heavy atom. The SMILES string of the molecule is Cc1n[nH]c2ccc(-c3n[nH]c4ccc(-n5cc(C6CCCN(Cc7c(F)cccc7F)C6)nn5)cc34)cc12. The van der Waals surface area contributed by atoms with Crippen LogP contribution in [0, 0.1) is 18.6 Å². The van der Waals surface area contributed by atoms with Crippen molar-refractivity contribution in [3.8, 4) is 16.9 Å². The Labute approximate surface area is 222 Å². The summed E-state index contributed by atoms with van der Waals surface area (Å²) < 4.78 is 30.2. The van der Waals surface area contributed by atoms with Gasteiger partial charge in [0.1, 0.15) is 11.6 Å². The zero-order valence-corrected chi connectivity index (χ0v) is 21.3. The van der Waals surface area contributed by atoms with Gasteiger partial charge in [0, 0.05) is 40.9 Å². The summed E-state index contributed by atoms with van der Waals surface area (Å²) in [7, 11) is 0. The highest BCUT2D eigenvalue weighted by atomic mass is 19.1. The monoisotopic (exact) mass is 524 g/mol. The van der Waals surface area contributed by atoms with Gasteiger partial charge in [0.15, 0.2) is 0 Å². The van der Waals surface area contributed by atoms with Gasteiger partial charge in [-0.25, -0.2) is 13.5 Å². The maximum atomic E-state index is 14.2. The molecule has 10 heteroatoms. The molecule has 2 N–H and O–H groups in total. The minimum absolute atomic E-state index is 0.119. The van der Waals surface area contributed by atoms with E-state index < -0.39 is 11.6 Å². The van der Waals surface area contributed by atoms with Crippen molar-refractivity contribution in [2.24, 2.45) is 0 Å². The average molecular weight is 525 g/mol. The van der Waals surface area contributed by atoms with Crippen molar-refractivity contribution in [1.82, 2.24) is 40.3 Å². The number of aromatic amines is 2. The third-order valence-corrected chi connectivity index (χ3v) is 7.72. The van der Waals surface area contributed by atoms with Gasteiger partial charge in [-0.3, -0.25) is 15.1 Å². The first-order valence-corrected chi connectivity index (χ1v) is 13.0. The number of likely N-dealkylation sites (tertiary alicyclic amines) is 1. The molecule has 1 fully saturated rings. The third kappa shape index (κ3) is 4.26. The fraction of sp³-hybridized carbons (Fsp3) is 0.241. The largest absolute Gasteiger partial charge is 0.298 e. The molecule has 1 aliphatic rings. The van der Waals surface area contributed by atoms with Crippen LogP contribution in [0.1, 0.15) is 35.7 Å². The highest BCUT2D eigenvalue weighted by molar-refractivity contribution is 5.96. The minimum atomic E-state index is -0.503. The summed E-state index contributed by atoms with van der Waals surface area (Å²) in [5.41, 5.74) is 6.61. The van der Waals surface area contributed by atoms with Gasteiger partial charge in [-0.1, -0.05) is 17.3 Å². The molecule has 3 aromatic carbocycles. The zero-order valence-electron chi connectivity index (χ0n) is 21.3. The molecule has 0 aliphatic carbocycles. The van der Waals surface area contributed by atoms with Gasteiger partial charge >= 0.3 is 0 Å². The van der Waals surface area contributed by atoms with Crippen LogP contribution in [0.25, 0.3) is 38.8 Å². The molecule has 39 heavy (non-hydrogen) atoms. The predicted molar refractivity (Wildman–Crippen MR) is 144 cm³/mol. The topological polar surface area (TPSA) is 91.3 Å². The van der Waals surface area contributed by atoms with Crippen molar-refractivity contribution < 1.29 is 8.78 Å². The van der Waals surface area contributed by atoms with Crippen LogP contribution in [0.2, 0.25) is 0 Å². The van der Waals surface area contributed by atoms with Gasteiger partial charge in [0.25, 0.3) is 0 Å². The van der Waals surface area contributed by atoms with E-state index in [9.17, 15) is 8.78 Å². The lowest BCUT2D eigenvalue weighted by molar-refractivity contribution is 0.194. The second-order valence-corrected chi connectivity index (χ2v) is 10.2. The van der Waals surface area contributed by atoms with Crippen LogP contribution < -0.4 is 0 Å². The number of nitrogens with one attached hydrogen (secondary N) is 2. The van der Waals surface area contributed by atoms with Crippen molar-refractivity contribution in [2.75, 3.05) is 13.1 Å². The lowest BCUT2D eigenvalue weighted by atomic mass is 9.95. The zero-order chi connectivity index (χ0) is 26.5. The maximum Gasteiger partial charge on any atom is 0.130 e. The highest BCUT2D eigenvalue weighted by Crippen LogP contribution is 2.32. The molecule has 0 bridgehead atoms. The van der Waals surface area contributed by atoms with Crippen molar-refractivity contribution in [3.05, 3.63) is 89.4 Å². The summed E-state index contributed by atoms with van der Waals surface area (Å²) in [5, 5.41) is 26.0. The Hall–Kier alpha value is -4.44. The fourth-order valence-corrected chi connectivity index (χ4v) is 5.59. The molecule has 1 aliphatic heterocycles. The number of aryl methyl sites for hydroxylation is 1. The molecule has 0 radical (unpaired) electrons. The number of halogens is 2. The number of aromatic nitrogens is 7. The number of rotatable bonds is 5. The summed E-state index contributed by atoms with van der Waals surface area (Å²) in [6.45, 7) is 3.69. The van der Waals surface area contributed by atoms with Crippen LogP contribution in [0.5, 0.6) is 0 Å². The second kappa shape index (κ2) is 9.39. The number of piperidine rings is 1. The molecule has 0 amide bonds. The van der Waals surface area contributed by atoms with Crippen LogP contribution in [-0.2, 0) is 6.54 Å². The number of hydrogen-bond donors (Lipinski definition) is 2. The van der Waals surface area contributed by atoms with Gasteiger partial charge in [0.2, 0.25) is 0 Å². The van der Waals surface area contributed by atoms with E-state index in [-0.39, 0.29) is 18.0 Å². The van der Waals surface area contributed by atoms with E-state index in [2.05, 4.69) is 47.7 Å². The van der Waals surface area contributed by atoms with Crippen LogP contribution in [-0.4, -0.2) is 53.4 Å². The predicted octanol–water partition coefficient (Wildman–Crippen LogP) is 5.65. The highest BCUT2D eigenvalue weighted by Gasteiger charge is 2.25. The number of fused-ring (bicyclic) bond motifs is 2. The summed E-state index contributed by atoms with van der Waals surface area (Å²) in [6.07, 6.45) is 3.84. The molecule has 1 atom stereocenters. The summed E-state index contributed by atoms with van der Waals surface area (Å²) in [4.78, 5) is 2.09. The number of benzene rings is 3. The molecule has 196 valence electrons. The molecule has 6 aromatic rings. The van der Waals surface area contributed by atoms with Gasteiger partial charge < -0.3 is 0 Å². The van der Waals surface area contributed by atoms with Crippen molar-refractivity contribution in [3.63, 3.8) is 0 Å². The number of hydrogen-bond acceptors (Lipinski definition) is 5. The molecule has 3 aromatic heterocycles. The Kier molecular flexibility index (Phi) is 5.70. The lowest BCUT2D eigenvalue weighted by Crippen LogP contribution is -2.34. The molecule has 1 saturated heterocycles. The fourth-order valence-electron chi connectivity index (χ4n) is 5.59. The van der Waals surface area contributed by atoms with E-state index >= 15 is 0 Å². The Morgan fingerprint density at radius 3 is 2.62 bits per heavy atom. The van der Waals surface area contributed by atoms with Crippen LogP contribution >= 0.6 is 0 Å². The Morgan fingerprint density at radius 1 is 0.949 bits per heavy atom. The van der Waals surface area contributed by atoms with Gasteiger partial charge in [0.05, 0.1) is 40.0 Å². The standard InChI is InChI=1S/C29H26F2N8/c1-17-21-12-18(7-9-26(21)33-32-17)29-22-13-20(8-10-27(22)34-36-29)39-16-28(35-37-39)19-4-3-11-38(14-19)15-23-24(30)5-2-6-25(23)31/h2,5-10,12-13,16,19H,3-4,11,14-15H2,1H3,(H,32,33)(H,34,36). The maximum absolute atomic E-state index is 14.2. The van der Waals surface area contributed by atoms with Crippen LogP contribution in [0.15, 0.2) is 60.8 Å². The first-order valence-electron chi connectivity index (χ1n) is 13.0. The molecule has 0 saturated carbocycles. The van der Waals surface area contributed by atoms with E-state index in [0.717, 1.165) is 69.5 Å². The summed E-state index contributed by atoms with van der Waals surface area (Å²) in [6, 6.07) is 16.2. The average Bonchev–Trinajstić information content (AvgIpc) is 3.69. The Bertz CT molecular complexity index is 1800. The Balaban J connectivity index is 1.15. The van der Waals surface area contributed by atoms with E-state index in [1.165, 1.54) is 18.2 Å². The molecular weight excluding hydrogens is 498 g/mol. The van der Waals surface area contributed by atoms with E-state index in [1.54, 1.807) is 4.68 Å². The summed E-state index contributed by atoms with van der Waals surface area (Å²) in [5.74, 6) is -0.866. The first kappa shape index (κ1) is 23.7. The third-order valence-electron chi connectivity index (χ3n) is 7.72. The molecule has 4 heterocycles. The smallest absolute Gasteiger partial charge is 0.130 e. The van der Waals surface area contributed by atoms with Crippen molar-refractivity contribution in [2.45, 2.75) is 32.2 Å². The second-order valence-electron chi connectivity index (χ2n) is 10.2. The molecule has 0 spiro atoms. The van der Waals surface area contributed by atoms with Gasteiger partial charge in [-0.05, 0) is 68.8 Å². The summed E-state index contributed by atoms with van der Waals surface area (Å²) >= 11 is 0. The van der Waals surface area contributed by atoms with Gasteiger partial charge in [-0.15, -0.1) is 5.10 Å². The van der Waals surface area contributed by atoms with E-state index in [4.69, 9.17) is 0 Å². The number of H-pyrrole nitrogens is 2. The first-order chi connectivity index (χ1) is 19.0. The molecular formula is C29H26F2N8. The quantitative estimate of drug-likeness (QED) is 0.304. The van der Waals surface area contributed by atoms with Crippen LogP contribution in [0.4, 0.5) is 8.78 Å². The van der Waals surface area contributed by atoms with Gasteiger partial charge in [-0.2, -0.15) is 10.2 Å². The number of nitrogens with zero attached hydrogens (tertiary/aromatic N) is 6. The van der Waals surface area contributed by atoms with Crippen LogP contribution in [0.3, 0.4) is 0 Å². The minimum Gasteiger partial charge on any atom is -0.298 e. The normalized spacial score (nSPS) is 16.4. The molecule has 8 nitrogen and oxygen atoms in total. The van der Waals surface area contributed by atoms with Crippen molar-refractivity contribution >= 4 is 21.8 Å². The van der Waals surface area contributed by atoms with E-state index in [0.29, 0.717) is 6.54 Å². The molecule has 1 unspecified atom stereocenters.